The lowest BCUT2D eigenvalue weighted by atomic mass is 9.45. The normalized spacial score (nSPS) is 35.4. The minimum Gasteiger partial charge on any atom is -0.460 e. The summed E-state index contributed by atoms with van der Waals surface area (Å²) in [6.45, 7) is 15.4. The van der Waals surface area contributed by atoms with Gasteiger partial charge in [-0.15, -0.1) is 0 Å². The number of hydrogen-bond acceptors (Lipinski definition) is 10. The maximum Gasteiger partial charge on any atom is 0.408 e. The van der Waals surface area contributed by atoms with Gasteiger partial charge in [-0.3, -0.25) is 14.4 Å². The predicted molar refractivity (Wildman–Crippen MR) is 172 cm³/mol. The van der Waals surface area contributed by atoms with Gasteiger partial charge < -0.3 is 29.7 Å². The van der Waals surface area contributed by atoms with E-state index in [2.05, 4.69) is 19.2 Å². The van der Waals surface area contributed by atoms with E-state index in [4.69, 9.17) is 14.2 Å². The molecule has 47 heavy (non-hydrogen) atoms. The fourth-order valence-electron chi connectivity index (χ4n) is 8.92. The molecule has 0 aliphatic heterocycles. The van der Waals surface area contributed by atoms with Gasteiger partial charge >= 0.3 is 18.0 Å². The number of nitrogens with one attached hydrogen (secondary N) is 1. The van der Waals surface area contributed by atoms with Crippen molar-refractivity contribution < 1.29 is 48.4 Å². The van der Waals surface area contributed by atoms with E-state index < -0.39 is 70.2 Å². The van der Waals surface area contributed by atoms with Gasteiger partial charge in [0.2, 0.25) is 5.78 Å². The Balaban J connectivity index is 1.48. The number of amides is 1. The van der Waals surface area contributed by atoms with Crippen molar-refractivity contribution in [1.29, 1.82) is 0 Å². The Morgan fingerprint density at radius 3 is 2.32 bits per heavy atom. The zero-order valence-electron chi connectivity index (χ0n) is 29.3. The third kappa shape index (κ3) is 7.36. The summed E-state index contributed by atoms with van der Waals surface area (Å²) in [5.41, 5.74) is -3.91. The number of aliphatic hydroxyl groups is 2. The second-order valence-electron chi connectivity index (χ2n) is 16.5. The standard InChI is InChI=1S/C36H53NO10/c1-20-16-22-23-13-15-36(44,35(23,9)18-26(39)29(22)34(8)14-12-21(38)17-24(20)34)27(40)19-45-30(42)25(37-31(43)47-33(5,6)7)10-11-28(41)46-32(2,3)4/h12,14,17,20,22-23,25-26,29,39,44H,10-11,13,15-16,18-19H2,1-9H3,(H,37,43)/t20-,22+,23-,25-,26+,29+,34-,35-,36-/m0/s1. The van der Waals surface area contributed by atoms with E-state index in [1.165, 1.54) is 0 Å². The molecule has 0 aromatic carbocycles. The number of carbonyl (C=O) groups excluding carboxylic acids is 5. The predicted octanol–water partition coefficient (Wildman–Crippen LogP) is 4.37. The number of rotatable bonds is 8. The Kier molecular flexibility index (Phi) is 9.99. The van der Waals surface area contributed by atoms with Crippen molar-refractivity contribution in [2.75, 3.05) is 6.61 Å². The Morgan fingerprint density at radius 1 is 1.06 bits per heavy atom. The molecule has 262 valence electrons. The Morgan fingerprint density at radius 2 is 1.70 bits per heavy atom. The van der Waals surface area contributed by atoms with Crippen molar-refractivity contribution in [2.24, 2.45) is 34.5 Å². The van der Waals surface area contributed by atoms with Gasteiger partial charge in [0.15, 0.2) is 12.4 Å². The summed E-state index contributed by atoms with van der Waals surface area (Å²) in [6.07, 6.45) is 4.70. The molecule has 4 aliphatic carbocycles. The van der Waals surface area contributed by atoms with E-state index in [9.17, 15) is 34.2 Å². The summed E-state index contributed by atoms with van der Waals surface area (Å²) in [5.74, 6) is -2.43. The number of fused-ring (bicyclic) bond motifs is 5. The highest BCUT2D eigenvalue weighted by atomic mass is 16.6. The van der Waals surface area contributed by atoms with Crippen LogP contribution in [-0.4, -0.2) is 75.4 Å². The lowest BCUT2D eigenvalue weighted by molar-refractivity contribution is -0.183. The van der Waals surface area contributed by atoms with Crippen LogP contribution in [0.5, 0.6) is 0 Å². The number of ketones is 2. The van der Waals surface area contributed by atoms with Crippen LogP contribution in [0.2, 0.25) is 0 Å². The molecule has 3 fully saturated rings. The molecule has 0 unspecified atom stereocenters. The average Bonchev–Trinajstić information content (AvgIpc) is 3.19. The highest BCUT2D eigenvalue weighted by Crippen LogP contribution is 2.67. The first-order valence-electron chi connectivity index (χ1n) is 16.8. The molecular formula is C36H53NO10. The fraction of sp³-hybridized carbons (Fsp3) is 0.750. The second-order valence-corrected chi connectivity index (χ2v) is 16.5. The number of allylic oxidation sites excluding steroid dienone is 4. The molecule has 4 aliphatic rings. The van der Waals surface area contributed by atoms with Gasteiger partial charge in [-0.1, -0.05) is 32.4 Å². The van der Waals surface area contributed by atoms with Gasteiger partial charge in [0.1, 0.15) is 22.8 Å². The summed E-state index contributed by atoms with van der Waals surface area (Å²) >= 11 is 0. The molecule has 0 aromatic rings. The molecular weight excluding hydrogens is 606 g/mol. The molecule has 0 saturated heterocycles. The van der Waals surface area contributed by atoms with Crippen LogP contribution in [0, 0.1) is 34.5 Å². The number of ether oxygens (including phenoxy) is 3. The number of hydrogen-bond donors (Lipinski definition) is 3. The van der Waals surface area contributed by atoms with Crippen LogP contribution in [0.25, 0.3) is 0 Å². The van der Waals surface area contributed by atoms with E-state index in [1.807, 2.05) is 13.0 Å². The Hall–Kier alpha value is -3.05. The first kappa shape index (κ1) is 36.8. The van der Waals surface area contributed by atoms with Crippen LogP contribution >= 0.6 is 0 Å². The van der Waals surface area contributed by atoms with Crippen molar-refractivity contribution in [3.8, 4) is 0 Å². The molecule has 11 heteroatoms. The molecule has 3 saturated carbocycles. The van der Waals surface area contributed by atoms with Gasteiger partial charge in [0.05, 0.1) is 6.10 Å². The number of aliphatic hydroxyl groups excluding tert-OH is 1. The lowest BCUT2D eigenvalue weighted by Gasteiger charge is -2.60. The zero-order chi connectivity index (χ0) is 35.3. The maximum absolute atomic E-state index is 13.8. The topological polar surface area (TPSA) is 166 Å². The van der Waals surface area contributed by atoms with Crippen molar-refractivity contribution in [2.45, 2.75) is 130 Å². The van der Waals surface area contributed by atoms with E-state index in [0.29, 0.717) is 6.42 Å². The van der Waals surface area contributed by atoms with Gasteiger partial charge in [0, 0.05) is 23.2 Å². The molecule has 0 heterocycles. The summed E-state index contributed by atoms with van der Waals surface area (Å²) in [5, 5.41) is 26.2. The number of Topliss-reactive ketones (excluding diaryl/α,β-unsaturated/α-hetero) is 1. The summed E-state index contributed by atoms with van der Waals surface area (Å²) in [7, 11) is 0. The molecule has 0 radical (unpaired) electrons. The van der Waals surface area contributed by atoms with Gasteiger partial charge in [-0.2, -0.15) is 0 Å². The van der Waals surface area contributed by atoms with Crippen molar-refractivity contribution >= 4 is 29.6 Å². The monoisotopic (exact) mass is 659 g/mol. The lowest BCUT2D eigenvalue weighted by Crippen LogP contribution is -2.62. The fourth-order valence-corrected chi connectivity index (χ4v) is 8.92. The van der Waals surface area contributed by atoms with Crippen molar-refractivity contribution in [3.05, 3.63) is 23.8 Å². The van der Waals surface area contributed by atoms with Crippen LogP contribution in [0.4, 0.5) is 4.79 Å². The number of carbonyl (C=O) groups is 5. The molecule has 4 rings (SSSR count). The highest BCUT2D eigenvalue weighted by molar-refractivity contribution is 6.01. The number of alkyl carbamates (subject to hydrolysis) is 1. The molecule has 0 aromatic heterocycles. The Labute approximate surface area is 277 Å². The van der Waals surface area contributed by atoms with Crippen LogP contribution in [-0.2, 0) is 33.4 Å². The summed E-state index contributed by atoms with van der Waals surface area (Å²) in [6, 6.07) is -1.31. The average molecular weight is 660 g/mol. The van der Waals surface area contributed by atoms with Crippen molar-refractivity contribution in [1.82, 2.24) is 5.32 Å². The van der Waals surface area contributed by atoms with Gasteiger partial charge in [-0.25, -0.2) is 9.59 Å². The van der Waals surface area contributed by atoms with Crippen LogP contribution in [0.1, 0.15) is 101 Å². The molecule has 1 amide bonds. The SMILES string of the molecule is C[C@H]1C[C@H]2[C@H]([C@H](O)C[C@@]3(C)[C@H]2CC[C@]3(O)C(=O)COC(=O)[C@H](CCC(=O)OC(C)(C)C)NC(=O)OC(C)(C)C)[C@@]2(C)C=CC(=O)C=C12. The van der Waals surface area contributed by atoms with Crippen LogP contribution in [0.3, 0.4) is 0 Å². The van der Waals surface area contributed by atoms with Gasteiger partial charge in [0.25, 0.3) is 0 Å². The van der Waals surface area contributed by atoms with E-state index >= 15 is 0 Å². The summed E-state index contributed by atoms with van der Waals surface area (Å²) < 4.78 is 16.0. The molecule has 0 spiro atoms. The summed E-state index contributed by atoms with van der Waals surface area (Å²) in [4.78, 5) is 64.2. The number of esters is 2. The molecule has 3 N–H and O–H groups in total. The first-order chi connectivity index (χ1) is 21.5. The van der Waals surface area contributed by atoms with Crippen molar-refractivity contribution in [3.63, 3.8) is 0 Å². The van der Waals surface area contributed by atoms with Crippen LogP contribution in [0.15, 0.2) is 23.8 Å². The highest BCUT2D eigenvalue weighted by Gasteiger charge is 2.68. The van der Waals surface area contributed by atoms with E-state index in [0.717, 1.165) is 12.0 Å². The second kappa shape index (κ2) is 12.8. The largest absolute Gasteiger partial charge is 0.460 e. The first-order valence-corrected chi connectivity index (χ1v) is 16.8. The maximum atomic E-state index is 13.8. The van der Waals surface area contributed by atoms with Crippen LogP contribution < -0.4 is 5.32 Å². The molecule has 0 bridgehead atoms. The molecule has 11 nitrogen and oxygen atoms in total. The minimum absolute atomic E-state index is 0.00149. The minimum atomic E-state index is -1.85. The van der Waals surface area contributed by atoms with Gasteiger partial charge in [-0.05, 0) is 104 Å². The van der Waals surface area contributed by atoms with E-state index in [-0.39, 0.29) is 55.1 Å². The quantitative estimate of drug-likeness (QED) is 0.252. The zero-order valence-corrected chi connectivity index (χ0v) is 29.3. The Bertz CT molecular complexity index is 1350. The smallest absolute Gasteiger partial charge is 0.408 e. The third-order valence-electron chi connectivity index (χ3n) is 10.8. The van der Waals surface area contributed by atoms with E-state index in [1.54, 1.807) is 53.7 Å². The molecule has 9 atom stereocenters. The third-order valence-corrected chi connectivity index (χ3v) is 10.8.